The Bertz CT molecular complexity index is 436. The second-order valence-corrected chi connectivity index (χ2v) is 4.34. The first-order valence-corrected chi connectivity index (χ1v) is 6.02. The molecule has 0 bridgehead atoms. The van der Waals surface area contributed by atoms with Gasteiger partial charge in [0.05, 0.1) is 11.7 Å². The largest absolute Gasteiger partial charge is 0.409 e. The van der Waals surface area contributed by atoms with E-state index in [1.807, 2.05) is 6.92 Å². The number of nitrogens with zero attached hydrogens (tertiary/aromatic N) is 3. The lowest BCUT2D eigenvalue weighted by Crippen LogP contribution is -2.33. The van der Waals surface area contributed by atoms with E-state index in [0.717, 1.165) is 31.9 Å². The Kier molecular flexibility index (Phi) is 3.99. The Hall–Kier alpha value is -1.82. The van der Waals surface area contributed by atoms with Crippen molar-refractivity contribution in [1.29, 1.82) is 0 Å². The maximum Gasteiger partial charge on any atom is 0.173 e. The number of oxime groups is 1. The highest BCUT2D eigenvalue weighted by Gasteiger charge is 2.20. The minimum absolute atomic E-state index is 0.0796. The predicted molar refractivity (Wildman–Crippen MR) is 69.0 cm³/mol. The third-order valence-electron chi connectivity index (χ3n) is 2.92. The molecule has 18 heavy (non-hydrogen) atoms. The van der Waals surface area contributed by atoms with Gasteiger partial charge in [-0.15, -0.1) is 0 Å². The number of nitrogens with two attached hydrogens (primary N) is 1. The number of hydrogen-bond acceptors (Lipinski definition) is 5. The molecule has 0 saturated carbocycles. The summed E-state index contributed by atoms with van der Waals surface area (Å²) in [6.45, 7) is 4.39. The highest BCUT2D eigenvalue weighted by atomic mass is 16.5. The molecule has 0 radical (unpaired) electrons. The van der Waals surface area contributed by atoms with Crippen LogP contribution in [0.3, 0.4) is 0 Å². The first-order valence-electron chi connectivity index (χ1n) is 6.02. The summed E-state index contributed by atoms with van der Waals surface area (Å²) in [5, 5.41) is 11.9. The smallest absolute Gasteiger partial charge is 0.173 e. The lowest BCUT2D eigenvalue weighted by atomic mass is 10.2. The van der Waals surface area contributed by atoms with Crippen molar-refractivity contribution in [1.82, 2.24) is 4.98 Å². The lowest BCUT2D eigenvalue weighted by molar-refractivity contribution is 0.0820. The predicted octanol–water partition coefficient (Wildman–Crippen LogP) is 0.791. The third-order valence-corrected chi connectivity index (χ3v) is 2.92. The van der Waals surface area contributed by atoms with E-state index in [1.54, 1.807) is 18.3 Å². The number of ether oxygens (including phenoxy) is 1. The van der Waals surface area contributed by atoms with Gasteiger partial charge in [0.1, 0.15) is 5.82 Å². The Morgan fingerprint density at radius 3 is 3.28 bits per heavy atom. The summed E-state index contributed by atoms with van der Waals surface area (Å²) in [7, 11) is 0. The molecule has 0 aromatic carbocycles. The molecule has 1 fully saturated rings. The molecule has 1 unspecified atom stereocenters. The van der Waals surface area contributed by atoms with Gasteiger partial charge in [0, 0.05) is 25.9 Å². The Morgan fingerprint density at radius 1 is 1.67 bits per heavy atom. The van der Waals surface area contributed by atoms with Crippen LogP contribution in [-0.2, 0) is 4.74 Å². The van der Waals surface area contributed by atoms with Crippen LogP contribution in [0.5, 0.6) is 0 Å². The van der Waals surface area contributed by atoms with E-state index < -0.39 is 0 Å². The van der Waals surface area contributed by atoms with Gasteiger partial charge in [-0.25, -0.2) is 4.98 Å². The van der Waals surface area contributed by atoms with Crippen molar-refractivity contribution < 1.29 is 9.94 Å². The van der Waals surface area contributed by atoms with Crippen LogP contribution in [0.15, 0.2) is 23.5 Å². The number of anilines is 1. The highest BCUT2D eigenvalue weighted by Crippen LogP contribution is 2.19. The van der Waals surface area contributed by atoms with Crippen LogP contribution < -0.4 is 10.6 Å². The number of rotatable bonds is 2. The molecule has 1 atom stereocenters. The van der Waals surface area contributed by atoms with Gasteiger partial charge in [0.25, 0.3) is 0 Å². The monoisotopic (exact) mass is 250 g/mol. The van der Waals surface area contributed by atoms with Crippen molar-refractivity contribution in [2.75, 3.05) is 24.6 Å². The molecule has 0 amide bonds. The van der Waals surface area contributed by atoms with Gasteiger partial charge in [-0.1, -0.05) is 5.16 Å². The van der Waals surface area contributed by atoms with Crippen molar-refractivity contribution in [3.8, 4) is 0 Å². The Morgan fingerprint density at radius 2 is 2.50 bits per heavy atom. The van der Waals surface area contributed by atoms with Gasteiger partial charge >= 0.3 is 0 Å². The fourth-order valence-electron chi connectivity index (χ4n) is 2.09. The SMILES string of the molecule is CC1CN(c2ncccc2C(N)=NO)CCCO1. The fourth-order valence-corrected chi connectivity index (χ4v) is 2.09. The number of hydrogen-bond donors (Lipinski definition) is 2. The Labute approximate surface area is 106 Å². The van der Waals surface area contributed by atoms with E-state index in [2.05, 4.69) is 15.0 Å². The minimum Gasteiger partial charge on any atom is -0.409 e. The molecule has 1 aromatic heterocycles. The van der Waals surface area contributed by atoms with E-state index in [0.29, 0.717) is 5.56 Å². The molecule has 1 aliphatic rings. The lowest BCUT2D eigenvalue weighted by Gasteiger charge is -2.24. The summed E-state index contributed by atoms with van der Waals surface area (Å²) in [4.78, 5) is 6.46. The first kappa shape index (κ1) is 12.6. The van der Waals surface area contributed by atoms with Crippen LogP contribution in [0.4, 0.5) is 5.82 Å². The molecule has 1 saturated heterocycles. The van der Waals surface area contributed by atoms with Crippen molar-refractivity contribution in [2.24, 2.45) is 10.9 Å². The molecule has 1 aromatic rings. The minimum atomic E-state index is 0.0796. The van der Waals surface area contributed by atoms with Crippen LogP contribution in [0.1, 0.15) is 18.9 Å². The van der Waals surface area contributed by atoms with Gasteiger partial charge in [-0.3, -0.25) is 0 Å². The summed E-state index contributed by atoms with van der Waals surface area (Å²) >= 11 is 0. The normalized spacial score (nSPS) is 21.7. The summed E-state index contributed by atoms with van der Waals surface area (Å²) < 4.78 is 5.60. The maximum absolute atomic E-state index is 8.81. The van der Waals surface area contributed by atoms with Crippen LogP contribution in [0, 0.1) is 0 Å². The van der Waals surface area contributed by atoms with Gasteiger partial charge in [-0.2, -0.15) is 0 Å². The second kappa shape index (κ2) is 5.68. The van der Waals surface area contributed by atoms with Crippen LogP contribution in [0.2, 0.25) is 0 Å². The topological polar surface area (TPSA) is 84.0 Å². The quantitative estimate of drug-likeness (QED) is 0.351. The molecule has 0 aliphatic carbocycles. The highest BCUT2D eigenvalue weighted by molar-refractivity contribution is 6.01. The zero-order chi connectivity index (χ0) is 13.0. The third kappa shape index (κ3) is 2.70. The molecule has 3 N–H and O–H groups in total. The second-order valence-electron chi connectivity index (χ2n) is 4.34. The number of pyridine rings is 1. The standard InChI is InChI=1S/C12H18N4O2/c1-9-8-16(6-3-7-18-9)12-10(11(13)15-17)4-2-5-14-12/h2,4-5,9,17H,3,6-8H2,1H3,(H2,13,15). The average Bonchev–Trinajstić information content (AvgIpc) is 2.62. The van der Waals surface area contributed by atoms with E-state index in [4.69, 9.17) is 15.7 Å². The summed E-state index contributed by atoms with van der Waals surface area (Å²) in [6.07, 6.45) is 2.80. The van der Waals surface area contributed by atoms with E-state index in [-0.39, 0.29) is 11.9 Å². The molecule has 2 rings (SSSR count). The molecule has 98 valence electrons. The van der Waals surface area contributed by atoms with Crippen LogP contribution in [-0.4, -0.2) is 41.8 Å². The number of amidine groups is 1. The Balaban J connectivity index is 2.31. The van der Waals surface area contributed by atoms with E-state index >= 15 is 0 Å². The van der Waals surface area contributed by atoms with Gasteiger partial charge in [0.15, 0.2) is 5.84 Å². The zero-order valence-electron chi connectivity index (χ0n) is 10.4. The van der Waals surface area contributed by atoms with E-state index in [1.165, 1.54) is 0 Å². The molecule has 6 nitrogen and oxygen atoms in total. The van der Waals surface area contributed by atoms with Gasteiger partial charge in [-0.05, 0) is 25.5 Å². The zero-order valence-corrected chi connectivity index (χ0v) is 10.4. The molecule has 6 heteroatoms. The van der Waals surface area contributed by atoms with Gasteiger partial charge < -0.3 is 20.6 Å². The molecular formula is C12H18N4O2. The summed E-state index contributed by atoms with van der Waals surface area (Å²) in [5.74, 6) is 0.820. The van der Waals surface area contributed by atoms with Crippen LogP contribution in [0.25, 0.3) is 0 Å². The molecular weight excluding hydrogens is 232 g/mol. The molecule has 2 heterocycles. The van der Waals surface area contributed by atoms with E-state index in [9.17, 15) is 0 Å². The summed E-state index contributed by atoms with van der Waals surface area (Å²) in [5.41, 5.74) is 6.32. The number of aromatic nitrogens is 1. The summed E-state index contributed by atoms with van der Waals surface area (Å²) in [6, 6.07) is 3.57. The average molecular weight is 250 g/mol. The van der Waals surface area contributed by atoms with Crippen LogP contribution >= 0.6 is 0 Å². The van der Waals surface area contributed by atoms with Gasteiger partial charge in [0.2, 0.25) is 0 Å². The van der Waals surface area contributed by atoms with Crippen molar-refractivity contribution in [3.63, 3.8) is 0 Å². The fraction of sp³-hybridized carbons (Fsp3) is 0.500. The maximum atomic E-state index is 8.81. The van der Waals surface area contributed by atoms with Crippen molar-refractivity contribution in [3.05, 3.63) is 23.9 Å². The van der Waals surface area contributed by atoms with Crippen molar-refractivity contribution >= 4 is 11.7 Å². The van der Waals surface area contributed by atoms with Crippen molar-refractivity contribution in [2.45, 2.75) is 19.4 Å². The molecule has 0 spiro atoms. The molecule has 1 aliphatic heterocycles. The first-order chi connectivity index (χ1) is 8.72.